The second kappa shape index (κ2) is 7.12. The number of hydrogen-bond acceptors (Lipinski definition) is 6. The second-order valence-electron chi connectivity index (χ2n) is 9.28. The molecule has 0 fully saturated rings. The van der Waals surface area contributed by atoms with Crippen molar-refractivity contribution in [1.82, 2.24) is 4.57 Å². The first-order valence-electron chi connectivity index (χ1n) is 11.0. The quantitative estimate of drug-likeness (QED) is 0.273. The zero-order chi connectivity index (χ0) is 24.5. The Balaban J connectivity index is 1.93. The molecule has 1 heterocycles. The van der Waals surface area contributed by atoms with Gasteiger partial charge in [0.15, 0.2) is 10.9 Å². The standard InChI is InChI=1S/C27H23N3O4/c1-13(2)27(3)11-6-7-14(10-12-27)30-25(33)19-20(26(30)34)22(29)18-17(21(19)28)23(31)15-8-4-5-9-16(15)24(18)32/h4-13H,28-29H2,1-3H3. The van der Waals surface area contributed by atoms with Crippen LogP contribution in [-0.2, 0) is 0 Å². The summed E-state index contributed by atoms with van der Waals surface area (Å²) in [6.07, 6.45) is 9.15. The van der Waals surface area contributed by atoms with Crippen LogP contribution < -0.4 is 33.4 Å². The number of nitrogens with zero attached hydrogens (tertiary/aromatic N) is 1. The number of benzene rings is 3. The molecule has 0 amide bonds. The van der Waals surface area contributed by atoms with E-state index in [-0.39, 0.29) is 55.0 Å². The minimum absolute atomic E-state index is 0.124. The molecule has 170 valence electrons. The molecule has 3 aromatic carbocycles. The van der Waals surface area contributed by atoms with Crippen molar-refractivity contribution in [3.05, 3.63) is 95.8 Å². The van der Waals surface area contributed by atoms with Gasteiger partial charge in [-0.15, -0.1) is 0 Å². The van der Waals surface area contributed by atoms with Crippen molar-refractivity contribution in [2.24, 2.45) is 11.3 Å². The summed E-state index contributed by atoms with van der Waals surface area (Å²) in [5.74, 6) is 0.284. The van der Waals surface area contributed by atoms with Crippen LogP contribution in [0.25, 0.3) is 38.0 Å². The van der Waals surface area contributed by atoms with Gasteiger partial charge < -0.3 is 11.5 Å². The fraction of sp³-hybridized carbons (Fsp3) is 0.185. The van der Waals surface area contributed by atoms with Crippen LogP contribution in [0.3, 0.4) is 0 Å². The van der Waals surface area contributed by atoms with Gasteiger partial charge in [-0.25, -0.2) is 4.57 Å². The van der Waals surface area contributed by atoms with Gasteiger partial charge in [0.1, 0.15) is 0 Å². The molecular weight excluding hydrogens is 430 g/mol. The summed E-state index contributed by atoms with van der Waals surface area (Å²) in [5, 5.41) is -0.160. The lowest BCUT2D eigenvalue weighted by atomic mass is 9.79. The Morgan fingerprint density at radius 2 is 1.29 bits per heavy atom. The molecule has 0 radical (unpaired) electrons. The molecule has 0 spiro atoms. The summed E-state index contributed by atoms with van der Waals surface area (Å²) in [6.45, 7) is 6.22. The van der Waals surface area contributed by atoms with Crippen LogP contribution in [0.15, 0.2) is 73.8 Å². The van der Waals surface area contributed by atoms with Crippen molar-refractivity contribution in [2.75, 3.05) is 11.5 Å². The monoisotopic (exact) mass is 453 g/mol. The van der Waals surface area contributed by atoms with E-state index in [1.54, 1.807) is 30.4 Å². The molecule has 1 unspecified atom stereocenters. The highest BCUT2D eigenvalue weighted by atomic mass is 16.2. The summed E-state index contributed by atoms with van der Waals surface area (Å²) in [6, 6.07) is 6.34. The van der Waals surface area contributed by atoms with Crippen LogP contribution >= 0.6 is 0 Å². The molecular formula is C27H23N3O4. The van der Waals surface area contributed by atoms with E-state index in [1.165, 1.54) is 12.1 Å². The summed E-state index contributed by atoms with van der Waals surface area (Å²) >= 11 is 0. The van der Waals surface area contributed by atoms with Gasteiger partial charge in [-0.05, 0) is 18.1 Å². The average Bonchev–Trinajstić information content (AvgIpc) is 2.93. The third-order valence-electron chi connectivity index (χ3n) is 7.12. The minimum atomic E-state index is -0.677. The van der Waals surface area contributed by atoms with Gasteiger partial charge in [-0.2, -0.15) is 0 Å². The van der Waals surface area contributed by atoms with Crippen LogP contribution in [0.5, 0.6) is 0 Å². The normalized spacial score (nSPS) is 18.3. The SMILES string of the molecule is CC(C)C1(C)C=CC=C(n2c(=O)c3c(N)c4c(=O)c5ccccc5c(=O)c4c(N)c3c2=O)C=C1. The lowest BCUT2D eigenvalue weighted by Gasteiger charge is -2.26. The van der Waals surface area contributed by atoms with Gasteiger partial charge in [-0.3, -0.25) is 19.2 Å². The minimum Gasteiger partial charge on any atom is -0.397 e. The molecule has 1 aliphatic rings. The molecule has 7 heteroatoms. The number of fused-ring (bicyclic) bond motifs is 3. The summed E-state index contributed by atoms with van der Waals surface area (Å²) < 4.78 is 0.998. The fourth-order valence-corrected chi connectivity index (χ4v) is 4.67. The third-order valence-corrected chi connectivity index (χ3v) is 7.12. The van der Waals surface area contributed by atoms with Crippen LogP contribution in [0, 0.1) is 11.3 Å². The molecule has 1 aromatic heterocycles. The Bertz CT molecular complexity index is 1740. The number of aromatic nitrogens is 1. The zero-order valence-corrected chi connectivity index (χ0v) is 19.0. The van der Waals surface area contributed by atoms with Gasteiger partial charge in [-0.1, -0.05) is 63.3 Å². The number of nitrogen functional groups attached to an aromatic ring is 2. The molecule has 0 saturated carbocycles. The largest absolute Gasteiger partial charge is 0.397 e. The van der Waals surface area contributed by atoms with Crippen molar-refractivity contribution in [3.63, 3.8) is 0 Å². The van der Waals surface area contributed by atoms with E-state index in [0.29, 0.717) is 5.70 Å². The highest BCUT2D eigenvalue weighted by Crippen LogP contribution is 2.34. The van der Waals surface area contributed by atoms with Crippen LogP contribution in [-0.4, -0.2) is 4.57 Å². The Morgan fingerprint density at radius 3 is 1.76 bits per heavy atom. The maximum atomic E-state index is 13.5. The first-order valence-corrected chi connectivity index (χ1v) is 11.0. The van der Waals surface area contributed by atoms with E-state index in [4.69, 9.17) is 11.5 Å². The predicted molar refractivity (Wildman–Crippen MR) is 139 cm³/mol. The number of allylic oxidation sites excluding steroid dienone is 6. The van der Waals surface area contributed by atoms with E-state index >= 15 is 0 Å². The van der Waals surface area contributed by atoms with Crippen LogP contribution in [0.1, 0.15) is 20.8 Å². The molecule has 5 rings (SSSR count). The smallest absolute Gasteiger partial charge is 0.268 e. The lowest BCUT2D eigenvalue weighted by Crippen LogP contribution is -2.24. The van der Waals surface area contributed by atoms with Gasteiger partial charge in [0.2, 0.25) is 0 Å². The molecule has 1 atom stereocenters. The first-order chi connectivity index (χ1) is 16.1. The van der Waals surface area contributed by atoms with E-state index in [0.717, 1.165) is 4.57 Å². The predicted octanol–water partition coefficient (Wildman–Crippen LogP) is 3.06. The van der Waals surface area contributed by atoms with Gasteiger partial charge in [0.25, 0.3) is 11.1 Å². The van der Waals surface area contributed by atoms with Gasteiger partial charge in [0, 0.05) is 16.2 Å². The number of hydrogen-bond donors (Lipinski definition) is 2. The van der Waals surface area contributed by atoms with Crippen molar-refractivity contribution in [1.29, 1.82) is 0 Å². The number of nitrogens with two attached hydrogens (primary N) is 2. The molecule has 34 heavy (non-hydrogen) atoms. The fourth-order valence-electron chi connectivity index (χ4n) is 4.67. The molecule has 1 aliphatic carbocycles. The van der Waals surface area contributed by atoms with E-state index in [2.05, 4.69) is 20.8 Å². The van der Waals surface area contributed by atoms with Gasteiger partial charge >= 0.3 is 0 Å². The third kappa shape index (κ3) is 2.70. The van der Waals surface area contributed by atoms with Crippen LogP contribution in [0.4, 0.5) is 11.4 Å². The Kier molecular flexibility index (Phi) is 4.52. The number of anilines is 2. The maximum Gasteiger partial charge on any atom is 0.268 e. The maximum absolute atomic E-state index is 13.5. The molecule has 0 aliphatic heterocycles. The van der Waals surface area contributed by atoms with Crippen molar-refractivity contribution >= 4 is 49.4 Å². The molecule has 0 saturated heterocycles. The highest BCUT2D eigenvalue weighted by Gasteiger charge is 2.27. The summed E-state index contributed by atoms with van der Waals surface area (Å²) in [5.41, 5.74) is 9.96. The topological polar surface area (TPSA) is 125 Å². The molecule has 7 nitrogen and oxygen atoms in total. The average molecular weight is 453 g/mol. The van der Waals surface area contributed by atoms with Crippen molar-refractivity contribution < 1.29 is 0 Å². The van der Waals surface area contributed by atoms with Gasteiger partial charge in [0.05, 0.1) is 38.6 Å². The molecule has 4 N–H and O–H groups in total. The van der Waals surface area contributed by atoms with E-state index < -0.39 is 22.0 Å². The van der Waals surface area contributed by atoms with E-state index in [1.807, 2.05) is 12.2 Å². The first kappa shape index (κ1) is 21.6. The van der Waals surface area contributed by atoms with E-state index in [9.17, 15) is 19.2 Å². The zero-order valence-electron chi connectivity index (χ0n) is 19.0. The number of rotatable bonds is 2. The Hall–Kier alpha value is -4.26. The molecule has 0 bridgehead atoms. The molecule has 4 aromatic rings. The highest BCUT2D eigenvalue weighted by molar-refractivity contribution is 6.20. The lowest BCUT2D eigenvalue weighted by molar-refractivity contribution is 0.383. The second-order valence-corrected chi connectivity index (χ2v) is 9.28. The Labute approximate surface area is 193 Å². The summed E-state index contributed by atoms with van der Waals surface area (Å²) in [7, 11) is 0. The summed E-state index contributed by atoms with van der Waals surface area (Å²) in [4.78, 5) is 53.5. The van der Waals surface area contributed by atoms with Crippen molar-refractivity contribution in [2.45, 2.75) is 20.8 Å². The van der Waals surface area contributed by atoms with Crippen LogP contribution in [0.2, 0.25) is 0 Å². The van der Waals surface area contributed by atoms with Crippen molar-refractivity contribution in [3.8, 4) is 0 Å². The Morgan fingerprint density at radius 1 is 0.794 bits per heavy atom.